The summed E-state index contributed by atoms with van der Waals surface area (Å²) in [6, 6.07) is 0. The van der Waals surface area contributed by atoms with E-state index in [0.29, 0.717) is 25.4 Å². The van der Waals surface area contributed by atoms with E-state index in [1.807, 2.05) is 0 Å². The van der Waals surface area contributed by atoms with Crippen molar-refractivity contribution in [3.63, 3.8) is 0 Å². The van der Waals surface area contributed by atoms with E-state index in [4.69, 9.17) is 5.11 Å². The summed E-state index contributed by atoms with van der Waals surface area (Å²) in [4.78, 5) is 22.2. The second-order valence-electron chi connectivity index (χ2n) is 3.81. The number of hydrogen-bond acceptors (Lipinski definition) is 2. The Labute approximate surface area is 83.9 Å². The molecule has 1 aliphatic rings. The SMILES string of the molecule is O=CCCCC1CCN(C(=O)O)CC1. The van der Waals surface area contributed by atoms with E-state index in [9.17, 15) is 9.59 Å². The summed E-state index contributed by atoms with van der Waals surface area (Å²) in [5, 5.41) is 8.72. The van der Waals surface area contributed by atoms with Gasteiger partial charge in [-0.15, -0.1) is 0 Å². The highest BCUT2D eigenvalue weighted by molar-refractivity contribution is 5.64. The van der Waals surface area contributed by atoms with Crippen molar-refractivity contribution < 1.29 is 14.7 Å². The monoisotopic (exact) mass is 199 g/mol. The Morgan fingerprint density at radius 3 is 2.57 bits per heavy atom. The maximum absolute atomic E-state index is 10.6. The highest BCUT2D eigenvalue weighted by atomic mass is 16.4. The van der Waals surface area contributed by atoms with Crippen LogP contribution in [0.4, 0.5) is 4.79 Å². The molecule has 0 spiro atoms. The molecule has 1 heterocycles. The van der Waals surface area contributed by atoms with Crippen LogP contribution < -0.4 is 0 Å². The highest BCUT2D eigenvalue weighted by Gasteiger charge is 2.21. The summed E-state index contributed by atoms with van der Waals surface area (Å²) in [5.74, 6) is 0.616. The molecular weight excluding hydrogens is 182 g/mol. The van der Waals surface area contributed by atoms with Crippen LogP contribution in [-0.4, -0.2) is 35.5 Å². The zero-order valence-electron chi connectivity index (χ0n) is 8.32. The van der Waals surface area contributed by atoms with Gasteiger partial charge in [0.15, 0.2) is 0 Å². The molecule has 1 amide bonds. The first-order chi connectivity index (χ1) is 6.74. The van der Waals surface area contributed by atoms with Gasteiger partial charge in [0.2, 0.25) is 0 Å². The Hall–Kier alpha value is -1.06. The van der Waals surface area contributed by atoms with E-state index in [2.05, 4.69) is 0 Å². The first kappa shape index (κ1) is 11.0. The van der Waals surface area contributed by atoms with Crippen molar-refractivity contribution in [3.05, 3.63) is 0 Å². The van der Waals surface area contributed by atoms with Gasteiger partial charge in [0, 0.05) is 19.5 Å². The molecule has 0 aromatic heterocycles. The molecule has 4 nitrogen and oxygen atoms in total. The minimum absolute atomic E-state index is 0.616. The Balaban J connectivity index is 2.15. The standard InChI is InChI=1S/C10H17NO3/c12-8-2-1-3-9-4-6-11(7-5-9)10(13)14/h8-9H,1-7H2,(H,13,14). The van der Waals surface area contributed by atoms with Crippen LogP contribution in [0, 0.1) is 5.92 Å². The largest absolute Gasteiger partial charge is 0.465 e. The van der Waals surface area contributed by atoms with Crippen molar-refractivity contribution in [2.75, 3.05) is 13.1 Å². The van der Waals surface area contributed by atoms with Gasteiger partial charge in [-0.25, -0.2) is 4.79 Å². The molecule has 0 radical (unpaired) electrons. The molecular formula is C10H17NO3. The fourth-order valence-corrected chi connectivity index (χ4v) is 1.90. The number of unbranched alkanes of at least 4 members (excludes halogenated alkanes) is 1. The van der Waals surface area contributed by atoms with Gasteiger partial charge in [0.1, 0.15) is 6.29 Å². The Morgan fingerprint density at radius 2 is 2.07 bits per heavy atom. The molecule has 0 aromatic rings. The van der Waals surface area contributed by atoms with Gasteiger partial charge in [-0.1, -0.05) is 0 Å². The van der Waals surface area contributed by atoms with E-state index >= 15 is 0 Å². The van der Waals surface area contributed by atoms with Gasteiger partial charge in [0.25, 0.3) is 0 Å². The van der Waals surface area contributed by atoms with E-state index in [1.165, 1.54) is 4.90 Å². The van der Waals surface area contributed by atoms with Gasteiger partial charge < -0.3 is 14.8 Å². The second-order valence-corrected chi connectivity index (χ2v) is 3.81. The van der Waals surface area contributed by atoms with Crippen LogP contribution >= 0.6 is 0 Å². The molecule has 1 rings (SSSR count). The van der Waals surface area contributed by atoms with Gasteiger partial charge in [-0.05, 0) is 31.6 Å². The van der Waals surface area contributed by atoms with Gasteiger partial charge >= 0.3 is 6.09 Å². The lowest BCUT2D eigenvalue weighted by Crippen LogP contribution is -2.37. The summed E-state index contributed by atoms with van der Waals surface area (Å²) in [6.07, 6.45) is 4.69. The number of nitrogens with zero attached hydrogens (tertiary/aromatic N) is 1. The van der Waals surface area contributed by atoms with Crippen molar-refractivity contribution in [2.24, 2.45) is 5.92 Å². The first-order valence-electron chi connectivity index (χ1n) is 5.15. The lowest BCUT2D eigenvalue weighted by molar-refractivity contribution is -0.108. The Kier molecular flexibility index (Phi) is 4.43. The number of likely N-dealkylation sites (tertiary alicyclic amines) is 1. The van der Waals surface area contributed by atoms with E-state index in [-0.39, 0.29) is 0 Å². The van der Waals surface area contributed by atoms with Crippen molar-refractivity contribution >= 4 is 12.4 Å². The fourth-order valence-electron chi connectivity index (χ4n) is 1.90. The molecule has 1 saturated heterocycles. The molecule has 0 aliphatic carbocycles. The summed E-state index contributed by atoms with van der Waals surface area (Å²) in [6.45, 7) is 1.31. The number of carboxylic acid groups (broad SMARTS) is 1. The average Bonchev–Trinajstić information content (AvgIpc) is 2.19. The van der Waals surface area contributed by atoms with E-state index in [0.717, 1.165) is 32.0 Å². The summed E-state index contributed by atoms with van der Waals surface area (Å²) < 4.78 is 0. The predicted octanol–water partition coefficient (Wildman–Crippen LogP) is 1.75. The zero-order valence-corrected chi connectivity index (χ0v) is 8.32. The average molecular weight is 199 g/mol. The van der Waals surface area contributed by atoms with Crippen LogP contribution in [0.2, 0.25) is 0 Å². The van der Waals surface area contributed by atoms with Gasteiger partial charge in [0.05, 0.1) is 0 Å². The molecule has 0 unspecified atom stereocenters. The molecule has 0 bridgehead atoms. The van der Waals surface area contributed by atoms with Crippen molar-refractivity contribution in [3.8, 4) is 0 Å². The zero-order chi connectivity index (χ0) is 10.4. The molecule has 14 heavy (non-hydrogen) atoms. The molecule has 4 heteroatoms. The lowest BCUT2D eigenvalue weighted by atomic mass is 9.92. The minimum Gasteiger partial charge on any atom is -0.465 e. The van der Waals surface area contributed by atoms with Gasteiger partial charge in [-0.2, -0.15) is 0 Å². The maximum atomic E-state index is 10.6. The van der Waals surface area contributed by atoms with Crippen LogP contribution in [0.25, 0.3) is 0 Å². The number of amides is 1. The van der Waals surface area contributed by atoms with Crippen LogP contribution in [0.3, 0.4) is 0 Å². The smallest absolute Gasteiger partial charge is 0.407 e. The topological polar surface area (TPSA) is 57.6 Å². The summed E-state index contributed by atoms with van der Waals surface area (Å²) in [5.41, 5.74) is 0. The third-order valence-electron chi connectivity index (χ3n) is 2.82. The molecule has 1 fully saturated rings. The quantitative estimate of drug-likeness (QED) is 0.554. The van der Waals surface area contributed by atoms with Crippen LogP contribution in [0.5, 0.6) is 0 Å². The maximum Gasteiger partial charge on any atom is 0.407 e. The number of carbonyl (C=O) groups is 2. The third kappa shape index (κ3) is 3.36. The summed E-state index contributed by atoms with van der Waals surface area (Å²) in [7, 11) is 0. The van der Waals surface area contributed by atoms with Crippen molar-refractivity contribution in [2.45, 2.75) is 32.1 Å². The van der Waals surface area contributed by atoms with E-state index in [1.54, 1.807) is 0 Å². The Morgan fingerprint density at radius 1 is 1.43 bits per heavy atom. The van der Waals surface area contributed by atoms with Crippen molar-refractivity contribution in [1.29, 1.82) is 0 Å². The molecule has 80 valence electrons. The number of rotatable bonds is 4. The second kappa shape index (κ2) is 5.62. The van der Waals surface area contributed by atoms with Gasteiger partial charge in [-0.3, -0.25) is 0 Å². The minimum atomic E-state index is -0.809. The highest BCUT2D eigenvalue weighted by Crippen LogP contribution is 2.22. The molecule has 0 aromatic carbocycles. The number of aldehydes is 1. The number of hydrogen-bond donors (Lipinski definition) is 1. The molecule has 0 atom stereocenters. The van der Waals surface area contributed by atoms with Crippen LogP contribution in [0.1, 0.15) is 32.1 Å². The summed E-state index contributed by atoms with van der Waals surface area (Å²) >= 11 is 0. The number of piperidine rings is 1. The predicted molar refractivity (Wildman–Crippen MR) is 52.2 cm³/mol. The molecule has 0 saturated carbocycles. The lowest BCUT2D eigenvalue weighted by Gasteiger charge is -2.29. The Bertz CT molecular complexity index is 198. The first-order valence-corrected chi connectivity index (χ1v) is 5.15. The van der Waals surface area contributed by atoms with Crippen LogP contribution in [0.15, 0.2) is 0 Å². The molecule has 1 aliphatic heterocycles. The fraction of sp³-hybridized carbons (Fsp3) is 0.800. The number of carbonyl (C=O) groups excluding carboxylic acids is 1. The van der Waals surface area contributed by atoms with E-state index < -0.39 is 6.09 Å². The third-order valence-corrected chi connectivity index (χ3v) is 2.82. The van der Waals surface area contributed by atoms with Crippen molar-refractivity contribution in [1.82, 2.24) is 4.90 Å². The normalized spacial score (nSPS) is 18.1. The van der Waals surface area contributed by atoms with Crippen LogP contribution in [-0.2, 0) is 4.79 Å². The molecule has 1 N–H and O–H groups in total.